The zero-order chi connectivity index (χ0) is 20.2. The van der Waals surface area contributed by atoms with Gasteiger partial charge in [0.05, 0.1) is 12.2 Å². The highest BCUT2D eigenvalue weighted by Crippen LogP contribution is 2.37. The van der Waals surface area contributed by atoms with Crippen molar-refractivity contribution in [1.82, 2.24) is 0 Å². The SMILES string of the molecule is C=CCOC(=O)/C=C(C)/C=C/[C@H]1[C@@H](CCC(=O)CCCCC)[C@H](O)C[C@@H]1O. The molecule has 0 aromatic rings. The van der Waals surface area contributed by atoms with Crippen LogP contribution >= 0.6 is 0 Å². The number of esters is 1. The average Bonchev–Trinajstić information content (AvgIpc) is 2.89. The van der Waals surface area contributed by atoms with E-state index in [4.69, 9.17) is 4.74 Å². The summed E-state index contributed by atoms with van der Waals surface area (Å²) in [6.07, 6.45) is 10.2. The fourth-order valence-electron chi connectivity index (χ4n) is 3.48. The van der Waals surface area contributed by atoms with Crippen molar-refractivity contribution in [3.8, 4) is 0 Å². The molecule has 1 aliphatic carbocycles. The van der Waals surface area contributed by atoms with Gasteiger partial charge in [0.25, 0.3) is 0 Å². The Bertz CT molecular complexity index is 549. The second-order valence-corrected chi connectivity index (χ2v) is 7.31. The van der Waals surface area contributed by atoms with E-state index in [1.165, 1.54) is 12.2 Å². The molecule has 0 radical (unpaired) electrons. The van der Waals surface area contributed by atoms with Gasteiger partial charge in [0.1, 0.15) is 12.4 Å². The Morgan fingerprint density at radius 1 is 1.19 bits per heavy atom. The van der Waals surface area contributed by atoms with E-state index >= 15 is 0 Å². The molecule has 1 aliphatic rings. The number of aliphatic hydroxyl groups is 2. The van der Waals surface area contributed by atoms with Crippen molar-refractivity contribution in [3.63, 3.8) is 0 Å². The normalized spacial score (nSPS) is 25.7. The number of unbranched alkanes of at least 4 members (excludes halogenated alkanes) is 2. The van der Waals surface area contributed by atoms with E-state index in [1.807, 2.05) is 6.08 Å². The molecule has 1 fully saturated rings. The standard InChI is InChI=1S/C22H34O5/c1-4-6-7-8-17(23)10-12-19-18(20(24)15-21(19)25)11-9-16(3)14-22(26)27-13-5-2/h5,9,11,14,18-21,24-25H,2,4,6-8,10,12-13,15H2,1,3H3/b11-9+,16-14+/t18-,19+,20-,21+/m0/s1. The van der Waals surface area contributed by atoms with Crippen molar-refractivity contribution < 1.29 is 24.5 Å². The Labute approximate surface area is 162 Å². The number of Topliss-reactive ketones (excluding diaryl/α,β-unsaturated/α-hetero) is 1. The number of carbonyl (C=O) groups is 2. The van der Waals surface area contributed by atoms with Crippen molar-refractivity contribution in [2.45, 2.75) is 71.0 Å². The van der Waals surface area contributed by atoms with Gasteiger partial charge in [-0.15, -0.1) is 0 Å². The molecule has 0 aliphatic heterocycles. The molecule has 0 aromatic carbocycles. The van der Waals surface area contributed by atoms with Crippen LogP contribution in [0.2, 0.25) is 0 Å². The third-order valence-electron chi connectivity index (χ3n) is 5.00. The summed E-state index contributed by atoms with van der Waals surface area (Å²) in [5.74, 6) is -0.595. The number of carbonyl (C=O) groups excluding carboxylic acids is 2. The first kappa shape index (κ1) is 23.3. The van der Waals surface area contributed by atoms with E-state index in [0.29, 0.717) is 31.3 Å². The molecule has 0 bridgehead atoms. The maximum atomic E-state index is 12.0. The number of allylic oxidation sites excluding steroid dienone is 2. The maximum Gasteiger partial charge on any atom is 0.331 e. The van der Waals surface area contributed by atoms with Crippen LogP contribution in [-0.2, 0) is 14.3 Å². The highest BCUT2D eigenvalue weighted by Gasteiger charge is 2.39. The summed E-state index contributed by atoms with van der Waals surface area (Å²) in [6.45, 7) is 7.53. The van der Waals surface area contributed by atoms with E-state index in [1.54, 1.807) is 13.0 Å². The molecule has 0 amide bonds. The van der Waals surface area contributed by atoms with Gasteiger partial charge in [-0.2, -0.15) is 0 Å². The molecule has 1 rings (SSSR count). The predicted molar refractivity (Wildman–Crippen MR) is 106 cm³/mol. The summed E-state index contributed by atoms with van der Waals surface area (Å²) < 4.78 is 4.90. The summed E-state index contributed by atoms with van der Waals surface area (Å²) >= 11 is 0. The van der Waals surface area contributed by atoms with Crippen LogP contribution < -0.4 is 0 Å². The van der Waals surface area contributed by atoms with Crippen LogP contribution in [0.25, 0.3) is 0 Å². The lowest BCUT2D eigenvalue weighted by atomic mass is 9.87. The van der Waals surface area contributed by atoms with Crippen LogP contribution in [0, 0.1) is 11.8 Å². The third kappa shape index (κ3) is 8.67. The first-order valence-corrected chi connectivity index (χ1v) is 9.91. The molecular formula is C22H34O5. The van der Waals surface area contributed by atoms with E-state index in [0.717, 1.165) is 19.3 Å². The van der Waals surface area contributed by atoms with Gasteiger partial charge < -0.3 is 14.9 Å². The Kier molecular flexibility index (Phi) is 10.9. The van der Waals surface area contributed by atoms with Gasteiger partial charge in [0, 0.05) is 31.3 Å². The van der Waals surface area contributed by atoms with Gasteiger partial charge in [-0.05, 0) is 31.3 Å². The Hall–Kier alpha value is -1.72. The summed E-state index contributed by atoms with van der Waals surface area (Å²) in [5, 5.41) is 20.5. The first-order valence-electron chi connectivity index (χ1n) is 9.91. The topological polar surface area (TPSA) is 83.8 Å². The van der Waals surface area contributed by atoms with Crippen molar-refractivity contribution in [2.24, 2.45) is 11.8 Å². The number of aliphatic hydroxyl groups excluding tert-OH is 2. The van der Waals surface area contributed by atoms with E-state index in [-0.39, 0.29) is 24.2 Å². The van der Waals surface area contributed by atoms with Crippen molar-refractivity contribution in [2.75, 3.05) is 6.61 Å². The Morgan fingerprint density at radius 2 is 1.93 bits per heavy atom. The van der Waals surface area contributed by atoms with Gasteiger partial charge in [0.15, 0.2) is 0 Å². The quantitative estimate of drug-likeness (QED) is 0.178. The molecule has 5 heteroatoms. The monoisotopic (exact) mass is 378 g/mol. The molecule has 1 saturated carbocycles. The second-order valence-electron chi connectivity index (χ2n) is 7.31. The summed E-state index contributed by atoms with van der Waals surface area (Å²) in [4.78, 5) is 23.6. The zero-order valence-electron chi connectivity index (χ0n) is 16.6. The van der Waals surface area contributed by atoms with Crippen LogP contribution in [-0.4, -0.2) is 40.8 Å². The fraction of sp³-hybridized carbons (Fsp3) is 0.636. The summed E-state index contributed by atoms with van der Waals surface area (Å²) in [6, 6.07) is 0. The first-order chi connectivity index (χ1) is 12.9. The van der Waals surface area contributed by atoms with Crippen molar-refractivity contribution in [1.29, 1.82) is 0 Å². The molecule has 0 heterocycles. The van der Waals surface area contributed by atoms with Crippen LogP contribution in [0.5, 0.6) is 0 Å². The van der Waals surface area contributed by atoms with Crippen LogP contribution in [0.1, 0.15) is 58.8 Å². The van der Waals surface area contributed by atoms with Gasteiger partial charge in [-0.3, -0.25) is 4.79 Å². The number of ketones is 1. The number of rotatable bonds is 12. The highest BCUT2D eigenvalue weighted by atomic mass is 16.5. The molecular weight excluding hydrogens is 344 g/mol. The van der Waals surface area contributed by atoms with Gasteiger partial charge >= 0.3 is 5.97 Å². The van der Waals surface area contributed by atoms with Crippen LogP contribution in [0.15, 0.2) is 36.5 Å². The molecule has 0 spiro atoms. The van der Waals surface area contributed by atoms with Crippen LogP contribution in [0.3, 0.4) is 0 Å². The minimum atomic E-state index is -0.642. The molecule has 27 heavy (non-hydrogen) atoms. The van der Waals surface area contributed by atoms with E-state index < -0.39 is 18.2 Å². The smallest absolute Gasteiger partial charge is 0.331 e. The minimum Gasteiger partial charge on any atom is -0.458 e. The molecule has 2 N–H and O–H groups in total. The maximum absolute atomic E-state index is 12.0. The fourth-order valence-corrected chi connectivity index (χ4v) is 3.48. The Morgan fingerprint density at radius 3 is 2.59 bits per heavy atom. The lowest BCUT2D eigenvalue weighted by Gasteiger charge is -2.20. The third-order valence-corrected chi connectivity index (χ3v) is 5.00. The number of hydrogen-bond donors (Lipinski definition) is 2. The molecule has 0 unspecified atom stereocenters. The Balaban J connectivity index is 2.62. The molecule has 4 atom stereocenters. The lowest BCUT2D eigenvalue weighted by Crippen LogP contribution is -2.21. The summed E-state index contributed by atoms with van der Waals surface area (Å²) in [5.41, 5.74) is 0.701. The van der Waals surface area contributed by atoms with Gasteiger partial charge in [0.2, 0.25) is 0 Å². The lowest BCUT2D eigenvalue weighted by molar-refractivity contribution is -0.136. The largest absolute Gasteiger partial charge is 0.458 e. The molecule has 152 valence electrons. The second kappa shape index (κ2) is 12.6. The van der Waals surface area contributed by atoms with Gasteiger partial charge in [-0.25, -0.2) is 4.79 Å². The molecule has 0 aromatic heterocycles. The van der Waals surface area contributed by atoms with Gasteiger partial charge in [-0.1, -0.05) is 44.6 Å². The van der Waals surface area contributed by atoms with E-state index in [2.05, 4.69) is 13.5 Å². The van der Waals surface area contributed by atoms with Crippen molar-refractivity contribution >= 4 is 11.8 Å². The minimum absolute atomic E-state index is 0.146. The van der Waals surface area contributed by atoms with Crippen molar-refractivity contribution in [3.05, 3.63) is 36.5 Å². The summed E-state index contributed by atoms with van der Waals surface area (Å²) in [7, 11) is 0. The molecule has 0 saturated heterocycles. The average molecular weight is 379 g/mol. The highest BCUT2D eigenvalue weighted by molar-refractivity contribution is 5.83. The predicted octanol–water partition coefficient (Wildman–Crippen LogP) is 3.51. The number of hydrogen-bond acceptors (Lipinski definition) is 5. The zero-order valence-corrected chi connectivity index (χ0v) is 16.6. The van der Waals surface area contributed by atoms with Crippen LogP contribution in [0.4, 0.5) is 0 Å². The van der Waals surface area contributed by atoms with E-state index in [9.17, 15) is 19.8 Å². The number of ether oxygens (including phenoxy) is 1. The molecule has 5 nitrogen and oxygen atoms in total.